The van der Waals surface area contributed by atoms with Crippen LogP contribution in [0.1, 0.15) is 32.4 Å². The van der Waals surface area contributed by atoms with Crippen LogP contribution in [0.4, 0.5) is 5.82 Å². The van der Waals surface area contributed by atoms with Gasteiger partial charge in [0.2, 0.25) is 0 Å². The smallest absolute Gasteiger partial charge is 0.325 e. The van der Waals surface area contributed by atoms with Crippen LogP contribution in [0, 0.1) is 0 Å². The van der Waals surface area contributed by atoms with Crippen LogP contribution >= 0.6 is 0 Å². The Morgan fingerprint density at radius 2 is 2.25 bits per heavy atom. The topological polar surface area (TPSA) is 64.1 Å². The molecule has 0 fully saturated rings. The van der Waals surface area contributed by atoms with Gasteiger partial charge in [-0.05, 0) is 12.8 Å². The first-order chi connectivity index (χ1) is 7.63. The van der Waals surface area contributed by atoms with Crippen LogP contribution in [-0.2, 0) is 9.53 Å². The van der Waals surface area contributed by atoms with Crippen LogP contribution < -0.4 is 5.32 Å². The number of hydrogen-bond donors (Lipinski definition) is 1. The molecule has 0 saturated heterocycles. The average molecular weight is 223 g/mol. The largest absolute Gasteiger partial charge is 0.465 e. The van der Waals surface area contributed by atoms with E-state index in [1.54, 1.807) is 6.92 Å². The minimum Gasteiger partial charge on any atom is -0.465 e. The lowest BCUT2D eigenvalue weighted by Crippen LogP contribution is -2.17. The maximum Gasteiger partial charge on any atom is 0.325 e. The van der Waals surface area contributed by atoms with Crippen LogP contribution in [0.2, 0.25) is 0 Å². The Balaban J connectivity index is 2.54. The Labute approximate surface area is 95.3 Å². The van der Waals surface area contributed by atoms with Gasteiger partial charge in [0.25, 0.3) is 0 Å². The first-order valence-corrected chi connectivity index (χ1v) is 5.35. The molecule has 0 amide bonds. The van der Waals surface area contributed by atoms with Gasteiger partial charge in [-0.1, -0.05) is 13.8 Å². The van der Waals surface area contributed by atoms with Crippen molar-refractivity contribution in [1.29, 1.82) is 0 Å². The Hall–Kier alpha value is -1.65. The number of carbonyl (C=O) groups excluding carboxylic acids is 1. The molecule has 5 nitrogen and oxygen atoms in total. The van der Waals surface area contributed by atoms with Crippen molar-refractivity contribution in [3.63, 3.8) is 0 Å². The summed E-state index contributed by atoms with van der Waals surface area (Å²) in [6.45, 7) is 6.40. The number of nitrogens with one attached hydrogen (secondary N) is 1. The highest BCUT2D eigenvalue weighted by atomic mass is 16.5. The molecule has 1 heterocycles. The molecule has 0 aliphatic rings. The minimum absolute atomic E-state index is 0.127. The lowest BCUT2D eigenvalue weighted by molar-refractivity contribution is -0.140. The zero-order chi connectivity index (χ0) is 12.0. The second-order valence-corrected chi connectivity index (χ2v) is 3.64. The highest BCUT2D eigenvalue weighted by molar-refractivity contribution is 5.74. The summed E-state index contributed by atoms with van der Waals surface area (Å²) < 4.78 is 4.80. The number of esters is 1. The molecule has 16 heavy (non-hydrogen) atoms. The van der Waals surface area contributed by atoms with Gasteiger partial charge < -0.3 is 10.1 Å². The van der Waals surface area contributed by atoms with E-state index >= 15 is 0 Å². The average Bonchev–Trinajstić information content (AvgIpc) is 2.27. The lowest BCUT2D eigenvalue weighted by atomic mass is 10.1. The highest BCUT2D eigenvalue weighted by Gasteiger charge is 2.05. The zero-order valence-corrected chi connectivity index (χ0v) is 9.86. The molecule has 0 radical (unpaired) electrons. The first-order valence-electron chi connectivity index (χ1n) is 5.35. The molecule has 0 unspecified atom stereocenters. The van der Waals surface area contributed by atoms with E-state index in [9.17, 15) is 4.79 Å². The number of ether oxygens (including phenoxy) is 1. The third-order valence-electron chi connectivity index (χ3n) is 2.00. The third kappa shape index (κ3) is 3.84. The molecule has 0 aliphatic heterocycles. The van der Waals surface area contributed by atoms with Crippen molar-refractivity contribution in [2.75, 3.05) is 18.5 Å². The molecule has 5 heteroatoms. The van der Waals surface area contributed by atoms with Crippen molar-refractivity contribution in [2.45, 2.75) is 26.7 Å². The summed E-state index contributed by atoms with van der Waals surface area (Å²) in [6.07, 6.45) is 1.49. The molecule has 0 spiro atoms. The Kier molecular flexibility index (Phi) is 4.69. The fraction of sp³-hybridized carbons (Fsp3) is 0.545. The number of carbonyl (C=O) groups is 1. The molecule has 1 aromatic heterocycles. The van der Waals surface area contributed by atoms with E-state index in [0.29, 0.717) is 18.3 Å². The van der Waals surface area contributed by atoms with Crippen molar-refractivity contribution in [3.05, 3.63) is 18.1 Å². The van der Waals surface area contributed by atoms with Crippen molar-refractivity contribution >= 4 is 11.8 Å². The molecule has 1 rings (SSSR count). The van der Waals surface area contributed by atoms with E-state index in [-0.39, 0.29) is 12.5 Å². The Morgan fingerprint density at radius 3 is 2.88 bits per heavy atom. The lowest BCUT2D eigenvalue weighted by Gasteiger charge is -2.08. The molecule has 1 N–H and O–H groups in total. The fourth-order valence-corrected chi connectivity index (χ4v) is 1.16. The fourth-order valence-electron chi connectivity index (χ4n) is 1.16. The van der Waals surface area contributed by atoms with E-state index in [1.165, 1.54) is 6.33 Å². The van der Waals surface area contributed by atoms with E-state index in [4.69, 9.17) is 4.74 Å². The van der Waals surface area contributed by atoms with Crippen LogP contribution in [0.25, 0.3) is 0 Å². The predicted octanol–water partition coefficient (Wildman–Crippen LogP) is 1.57. The molecule has 0 atom stereocenters. The predicted molar refractivity (Wildman–Crippen MR) is 61.2 cm³/mol. The minimum atomic E-state index is -0.285. The van der Waals surface area contributed by atoms with Gasteiger partial charge in [0.15, 0.2) is 0 Å². The van der Waals surface area contributed by atoms with Gasteiger partial charge in [0.05, 0.1) is 6.61 Å². The second-order valence-electron chi connectivity index (χ2n) is 3.64. The molecule has 1 aromatic rings. The maximum atomic E-state index is 11.1. The van der Waals surface area contributed by atoms with Gasteiger partial charge >= 0.3 is 5.97 Å². The number of aromatic nitrogens is 2. The van der Waals surface area contributed by atoms with Gasteiger partial charge in [-0.15, -0.1) is 0 Å². The molecular weight excluding hydrogens is 206 g/mol. The number of nitrogens with zero attached hydrogens (tertiary/aromatic N) is 2. The molecule has 0 aromatic carbocycles. The molecule has 88 valence electrons. The van der Waals surface area contributed by atoms with Crippen molar-refractivity contribution in [1.82, 2.24) is 9.97 Å². The van der Waals surface area contributed by atoms with Gasteiger partial charge in [-0.25, -0.2) is 9.97 Å². The number of anilines is 1. The SMILES string of the molecule is CCOC(=O)CNc1cc(C(C)C)ncn1. The van der Waals surface area contributed by atoms with Crippen molar-refractivity contribution in [2.24, 2.45) is 0 Å². The maximum absolute atomic E-state index is 11.1. The van der Waals surface area contributed by atoms with Gasteiger partial charge in [-0.3, -0.25) is 4.79 Å². The standard InChI is InChI=1S/C11H17N3O2/c1-4-16-11(15)6-12-10-5-9(8(2)3)13-7-14-10/h5,7-8H,4,6H2,1-3H3,(H,12,13,14). The molecular formula is C11H17N3O2. The summed E-state index contributed by atoms with van der Waals surface area (Å²) in [6, 6.07) is 1.84. The van der Waals surface area contributed by atoms with E-state index in [2.05, 4.69) is 29.1 Å². The highest BCUT2D eigenvalue weighted by Crippen LogP contribution is 2.13. The first kappa shape index (κ1) is 12.4. The van der Waals surface area contributed by atoms with Gasteiger partial charge in [0, 0.05) is 11.8 Å². The molecule has 0 saturated carbocycles. The summed E-state index contributed by atoms with van der Waals surface area (Å²) in [5.41, 5.74) is 0.946. The summed E-state index contributed by atoms with van der Waals surface area (Å²) in [4.78, 5) is 19.3. The van der Waals surface area contributed by atoms with Crippen LogP contribution in [0.3, 0.4) is 0 Å². The normalized spacial score (nSPS) is 10.2. The Morgan fingerprint density at radius 1 is 1.50 bits per heavy atom. The van der Waals surface area contributed by atoms with Crippen molar-refractivity contribution in [3.8, 4) is 0 Å². The Bertz CT molecular complexity index is 353. The summed E-state index contributed by atoms with van der Waals surface area (Å²) in [7, 11) is 0. The monoisotopic (exact) mass is 223 g/mol. The van der Waals surface area contributed by atoms with Crippen LogP contribution in [0.5, 0.6) is 0 Å². The van der Waals surface area contributed by atoms with E-state index < -0.39 is 0 Å². The quantitative estimate of drug-likeness (QED) is 0.768. The van der Waals surface area contributed by atoms with Crippen LogP contribution in [-0.4, -0.2) is 29.1 Å². The number of rotatable bonds is 5. The second kappa shape index (κ2) is 6.05. The summed E-state index contributed by atoms with van der Waals surface area (Å²) in [5, 5.41) is 2.90. The van der Waals surface area contributed by atoms with E-state index in [1.807, 2.05) is 6.07 Å². The zero-order valence-electron chi connectivity index (χ0n) is 9.86. The number of hydrogen-bond acceptors (Lipinski definition) is 5. The van der Waals surface area contributed by atoms with Crippen LogP contribution in [0.15, 0.2) is 12.4 Å². The van der Waals surface area contributed by atoms with Gasteiger partial charge in [0.1, 0.15) is 18.7 Å². The van der Waals surface area contributed by atoms with Crippen molar-refractivity contribution < 1.29 is 9.53 Å². The molecule has 0 bridgehead atoms. The third-order valence-corrected chi connectivity index (χ3v) is 2.00. The summed E-state index contributed by atoms with van der Waals surface area (Å²) >= 11 is 0. The summed E-state index contributed by atoms with van der Waals surface area (Å²) in [5.74, 6) is 0.699. The molecule has 0 aliphatic carbocycles. The van der Waals surface area contributed by atoms with E-state index in [0.717, 1.165) is 5.69 Å². The van der Waals surface area contributed by atoms with Gasteiger partial charge in [-0.2, -0.15) is 0 Å².